The van der Waals surface area contributed by atoms with Crippen molar-refractivity contribution in [1.82, 2.24) is 10.3 Å². The van der Waals surface area contributed by atoms with E-state index < -0.39 is 11.9 Å². The molecule has 0 spiro atoms. The van der Waals surface area contributed by atoms with Gasteiger partial charge in [-0.05, 0) is 25.5 Å². The van der Waals surface area contributed by atoms with Crippen LogP contribution in [0.5, 0.6) is 0 Å². The Labute approximate surface area is 122 Å². The predicted octanol–water partition coefficient (Wildman–Crippen LogP) is 1.19. The van der Waals surface area contributed by atoms with Gasteiger partial charge < -0.3 is 15.7 Å². The second-order valence-corrected chi connectivity index (χ2v) is 4.26. The first-order chi connectivity index (χ1) is 10.0. The number of carboxylic acid groups (broad SMARTS) is 1. The highest BCUT2D eigenvalue weighted by atomic mass is 16.4. The second-order valence-electron chi connectivity index (χ2n) is 4.26. The molecule has 0 saturated carbocycles. The van der Waals surface area contributed by atoms with Crippen molar-refractivity contribution in [2.75, 3.05) is 11.9 Å². The summed E-state index contributed by atoms with van der Waals surface area (Å²) >= 11 is 0. The number of aromatic nitrogens is 1. The fourth-order valence-corrected chi connectivity index (χ4v) is 1.39. The van der Waals surface area contributed by atoms with E-state index in [2.05, 4.69) is 15.6 Å². The van der Waals surface area contributed by atoms with Crippen molar-refractivity contribution >= 4 is 17.6 Å². The predicted molar refractivity (Wildman–Crippen MR) is 76.2 cm³/mol. The Bertz CT molecular complexity index is 573. The summed E-state index contributed by atoms with van der Waals surface area (Å²) in [6.07, 6.45) is 3.17. The summed E-state index contributed by atoms with van der Waals surface area (Å²) in [4.78, 5) is 26.1. The van der Waals surface area contributed by atoms with E-state index in [-0.39, 0.29) is 18.5 Å². The monoisotopic (exact) mass is 288 g/mol. The Balaban J connectivity index is 2.51. The number of nitrogens with zero attached hydrogens (tertiary/aromatic N) is 2. The summed E-state index contributed by atoms with van der Waals surface area (Å²) in [6.45, 7) is 2.06. The number of carbonyl (C=O) groups is 2. The van der Waals surface area contributed by atoms with Crippen LogP contribution in [0.15, 0.2) is 30.1 Å². The lowest BCUT2D eigenvalue weighted by Crippen LogP contribution is -2.26. The van der Waals surface area contributed by atoms with Crippen LogP contribution in [0, 0.1) is 18.3 Å². The van der Waals surface area contributed by atoms with E-state index in [4.69, 9.17) is 10.4 Å². The van der Waals surface area contributed by atoms with E-state index in [0.717, 1.165) is 5.69 Å². The number of amides is 1. The maximum absolute atomic E-state index is 11.7. The molecule has 0 aromatic carbocycles. The van der Waals surface area contributed by atoms with Gasteiger partial charge in [0, 0.05) is 24.9 Å². The summed E-state index contributed by atoms with van der Waals surface area (Å²) < 4.78 is 0. The molecule has 1 heterocycles. The molecule has 0 aliphatic carbocycles. The molecule has 0 bridgehead atoms. The SMILES string of the molecule is Cc1ccc(N/C=C(/C#N)C(=O)NCCCC(=O)O)cn1. The number of pyridine rings is 1. The summed E-state index contributed by atoms with van der Waals surface area (Å²) in [5.74, 6) is -1.47. The average Bonchev–Trinajstić information content (AvgIpc) is 2.46. The van der Waals surface area contributed by atoms with Gasteiger partial charge in [-0.1, -0.05) is 0 Å². The molecular formula is C14H16N4O3. The number of carbonyl (C=O) groups excluding carboxylic acids is 1. The number of hydrogen-bond donors (Lipinski definition) is 3. The maximum Gasteiger partial charge on any atom is 0.303 e. The zero-order valence-electron chi connectivity index (χ0n) is 11.6. The minimum absolute atomic E-state index is 0.0286. The normalized spacial score (nSPS) is 10.6. The van der Waals surface area contributed by atoms with Gasteiger partial charge in [0.15, 0.2) is 0 Å². The van der Waals surface area contributed by atoms with Crippen LogP contribution in [-0.2, 0) is 9.59 Å². The highest BCUT2D eigenvalue weighted by Crippen LogP contribution is 2.06. The topological polar surface area (TPSA) is 115 Å². The van der Waals surface area contributed by atoms with Gasteiger partial charge in [0.2, 0.25) is 0 Å². The second kappa shape index (κ2) is 8.32. The van der Waals surface area contributed by atoms with Gasteiger partial charge in [0.1, 0.15) is 11.6 Å². The van der Waals surface area contributed by atoms with E-state index in [1.165, 1.54) is 6.20 Å². The van der Waals surface area contributed by atoms with Gasteiger partial charge in [0.25, 0.3) is 5.91 Å². The Hall–Kier alpha value is -2.88. The van der Waals surface area contributed by atoms with E-state index >= 15 is 0 Å². The number of hydrogen-bond acceptors (Lipinski definition) is 5. The number of nitrogens with one attached hydrogen (secondary N) is 2. The first-order valence-electron chi connectivity index (χ1n) is 6.32. The molecule has 3 N–H and O–H groups in total. The fourth-order valence-electron chi connectivity index (χ4n) is 1.39. The molecule has 0 fully saturated rings. The zero-order valence-corrected chi connectivity index (χ0v) is 11.6. The lowest BCUT2D eigenvalue weighted by atomic mass is 10.2. The van der Waals surface area contributed by atoms with Gasteiger partial charge in [-0.3, -0.25) is 14.6 Å². The lowest BCUT2D eigenvalue weighted by Gasteiger charge is -2.04. The molecule has 7 heteroatoms. The minimum Gasteiger partial charge on any atom is -0.481 e. The van der Waals surface area contributed by atoms with Crippen LogP contribution in [0.2, 0.25) is 0 Å². The van der Waals surface area contributed by atoms with Crippen molar-refractivity contribution in [3.05, 3.63) is 35.8 Å². The fraction of sp³-hybridized carbons (Fsp3) is 0.286. The third-order valence-electron chi connectivity index (χ3n) is 2.51. The minimum atomic E-state index is -0.922. The van der Waals surface area contributed by atoms with Crippen molar-refractivity contribution in [3.8, 4) is 6.07 Å². The van der Waals surface area contributed by atoms with Crippen LogP contribution in [0.3, 0.4) is 0 Å². The Morgan fingerprint density at radius 1 is 1.48 bits per heavy atom. The Morgan fingerprint density at radius 2 is 2.24 bits per heavy atom. The molecule has 1 aromatic heterocycles. The molecule has 0 unspecified atom stereocenters. The van der Waals surface area contributed by atoms with Crippen LogP contribution in [0.25, 0.3) is 0 Å². The van der Waals surface area contributed by atoms with Gasteiger partial charge in [-0.2, -0.15) is 5.26 Å². The third kappa shape index (κ3) is 6.20. The number of aliphatic carboxylic acids is 1. The first kappa shape index (κ1) is 16.2. The maximum atomic E-state index is 11.7. The molecule has 0 saturated heterocycles. The van der Waals surface area contributed by atoms with E-state index in [1.807, 2.05) is 6.92 Å². The molecule has 21 heavy (non-hydrogen) atoms. The smallest absolute Gasteiger partial charge is 0.303 e. The molecule has 0 aliphatic heterocycles. The van der Waals surface area contributed by atoms with Crippen molar-refractivity contribution < 1.29 is 14.7 Å². The van der Waals surface area contributed by atoms with Crippen LogP contribution in [-0.4, -0.2) is 28.5 Å². The molecule has 1 rings (SSSR count). The summed E-state index contributed by atoms with van der Waals surface area (Å²) in [5.41, 5.74) is 1.43. The standard InChI is InChI=1S/C14H16N4O3/c1-10-4-5-12(9-17-10)18-8-11(7-15)14(21)16-6-2-3-13(19)20/h4-5,8-9,18H,2-3,6H2,1H3,(H,16,21)(H,19,20)/b11-8-. The van der Waals surface area contributed by atoms with Gasteiger partial charge in [-0.25, -0.2) is 0 Å². The van der Waals surface area contributed by atoms with Crippen molar-refractivity contribution in [1.29, 1.82) is 5.26 Å². The molecule has 1 aromatic rings. The highest BCUT2D eigenvalue weighted by molar-refractivity contribution is 5.97. The zero-order chi connectivity index (χ0) is 15.7. The van der Waals surface area contributed by atoms with Gasteiger partial charge in [0.05, 0.1) is 11.9 Å². The Morgan fingerprint density at radius 3 is 2.81 bits per heavy atom. The van der Waals surface area contributed by atoms with Crippen molar-refractivity contribution in [2.45, 2.75) is 19.8 Å². The molecule has 7 nitrogen and oxygen atoms in total. The molecule has 0 aliphatic rings. The van der Waals surface area contributed by atoms with Gasteiger partial charge in [-0.15, -0.1) is 0 Å². The third-order valence-corrected chi connectivity index (χ3v) is 2.51. The van der Waals surface area contributed by atoms with Crippen LogP contribution in [0.4, 0.5) is 5.69 Å². The molecule has 0 atom stereocenters. The first-order valence-corrected chi connectivity index (χ1v) is 6.32. The Kier molecular flexibility index (Phi) is 6.41. The number of nitriles is 1. The van der Waals surface area contributed by atoms with E-state index in [1.54, 1.807) is 24.4 Å². The van der Waals surface area contributed by atoms with Crippen LogP contribution >= 0.6 is 0 Å². The molecule has 0 radical (unpaired) electrons. The van der Waals surface area contributed by atoms with E-state index in [9.17, 15) is 9.59 Å². The van der Waals surface area contributed by atoms with Crippen LogP contribution in [0.1, 0.15) is 18.5 Å². The van der Waals surface area contributed by atoms with Gasteiger partial charge >= 0.3 is 5.97 Å². The number of anilines is 1. The van der Waals surface area contributed by atoms with Crippen molar-refractivity contribution in [2.24, 2.45) is 0 Å². The molecule has 110 valence electrons. The van der Waals surface area contributed by atoms with Crippen molar-refractivity contribution in [3.63, 3.8) is 0 Å². The lowest BCUT2D eigenvalue weighted by molar-refractivity contribution is -0.137. The molecular weight excluding hydrogens is 272 g/mol. The van der Waals surface area contributed by atoms with Crippen LogP contribution < -0.4 is 10.6 Å². The summed E-state index contributed by atoms with van der Waals surface area (Å²) in [7, 11) is 0. The summed E-state index contributed by atoms with van der Waals surface area (Å²) in [6, 6.07) is 5.36. The largest absolute Gasteiger partial charge is 0.481 e. The highest BCUT2D eigenvalue weighted by Gasteiger charge is 2.08. The number of aryl methyl sites for hydroxylation is 1. The molecule has 1 amide bonds. The number of rotatable bonds is 7. The average molecular weight is 288 g/mol. The quantitative estimate of drug-likeness (QED) is 0.394. The van der Waals surface area contributed by atoms with E-state index in [0.29, 0.717) is 12.1 Å². The summed E-state index contributed by atoms with van der Waals surface area (Å²) in [5, 5.41) is 22.7. The number of carboxylic acids is 1.